The average Bonchev–Trinajstić information content (AvgIpc) is 2.31. The van der Waals surface area contributed by atoms with Crippen LogP contribution in [-0.2, 0) is 6.54 Å². The summed E-state index contributed by atoms with van der Waals surface area (Å²) in [5.74, 6) is -0.363. The largest absolute Gasteiger partial charge is 0.378 e. The van der Waals surface area contributed by atoms with Gasteiger partial charge in [0.25, 0.3) is 0 Å². The molecule has 0 saturated heterocycles. The molecule has 0 saturated carbocycles. The van der Waals surface area contributed by atoms with Crippen molar-refractivity contribution in [1.82, 2.24) is 0 Å². The first-order chi connectivity index (χ1) is 8.59. The van der Waals surface area contributed by atoms with Crippen molar-refractivity contribution in [3.63, 3.8) is 0 Å². The number of halogens is 4. The van der Waals surface area contributed by atoms with Crippen molar-refractivity contribution in [3.05, 3.63) is 62.8 Å². The fourth-order valence-corrected chi connectivity index (χ4v) is 2.31. The molecule has 1 nitrogen and oxygen atoms in total. The minimum Gasteiger partial charge on any atom is -0.378 e. The Morgan fingerprint density at radius 2 is 1.44 bits per heavy atom. The van der Waals surface area contributed by atoms with Crippen molar-refractivity contribution < 1.29 is 4.39 Å². The average molecular weight is 305 g/mol. The van der Waals surface area contributed by atoms with E-state index in [9.17, 15) is 4.39 Å². The molecule has 5 heteroatoms. The fourth-order valence-electron chi connectivity index (χ4n) is 1.54. The second-order valence-corrected chi connectivity index (χ2v) is 4.87. The van der Waals surface area contributed by atoms with Gasteiger partial charge in [-0.2, -0.15) is 0 Å². The maximum absolute atomic E-state index is 13.6. The number of nitrogens with one attached hydrogen (secondary N) is 1. The molecule has 94 valence electrons. The quantitative estimate of drug-likeness (QED) is 0.800. The summed E-state index contributed by atoms with van der Waals surface area (Å²) in [5, 5.41) is 4.32. The van der Waals surface area contributed by atoms with Gasteiger partial charge in [0.1, 0.15) is 5.82 Å². The monoisotopic (exact) mass is 303 g/mol. The van der Waals surface area contributed by atoms with Crippen molar-refractivity contribution in [2.45, 2.75) is 6.54 Å². The third-order valence-corrected chi connectivity index (χ3v) is 3.45. The van der Waals surface area contributed by atoms with Gasteiger partial charge in [-0.3, -0.25) is 0 Å². The Labute approximate surface area is 119 Å². The van der Waals surface area contributed by atoms with E-state index in [4.69, 9.17) is 34.8 Å². The zero-order chi connectivity index (χ0) is 13.1. The summed E-state index contributed by atoms with van der Waals surface area (Å²) in [7, 11) is 0. The van der Waals surface area contributed by atoms with Gasteiger partial charge in [-0.25, -0.2) is 4.39 Å². The Balaban J connectivity index is 2.22. The van der Waals surface area contributed by atoms with E-state index in [2.05, 4.69) is 5.32 Å². The highest BCUT2D eigenvalue weighted by Gasteiger charge is 2.09. The second kappa shape index (κ2) is 5.79. The first kappa shape index (κ1) is 13.5. The Bertz CT molecular complexity index is 480. The van der Waals surface area contributed by atoms with E-state index in [-0.39, 0.29) is 12.4 Å². The Kier molecular flexibility index (Phi) is 4.33. The predicted octanol–water partition coefficient (Wildman–Crippen LogP) is 5.40. The van der Waals surface area contributed by atoms with Gasteiger partial charge in [-0.15, -0.1) is 0 Å². The zero-order valence-electron chi connectivity index (χ0n) is 9.18. The van der Waals surface area contributed by atoms with Gasteiger partial charge in [0.2, 0.25) is 0 Å². The van der Waals surface area contributed by atoms with Crippen molar-refractivity contribution >= 4 is 40.5 Å². The van der Waals surface area contributed by atoms with Gasteiger partial charge in [-0.05, 0) is 24.3 Å². The van der Waals surface area contributed by atoms with E-state index in [1.54, 1.807) is 30.3 Å². The lowest BCUT2D eigenvalue weighted by atomic mass is 10.2. The summed E-state index contributed by atoms with van der Waals surface area (Å²) in [5.41, 5.74) is 0.954. The van der Waals surface area contributed by atoms with Crippen LogP contribution in [0.1, 0.15) is 5.56 Å². The van der Waals surface area contributed by atoms with Crippen molar-refractivity contribution in [2.24, 2.45) is 0 Å². The second-order valence-electron chi connectivity index (χ2n) is 3.65. The molecule has 0 heterocycles. The highest BCUT2D eigenvalue weighted by molar-refractivity contribution is 6.39. The molecule has 0 aliphatic carbocycles. The molecule has 2 aromatic carbocycles. The maximum atomic E-state index is 13.6. The lowest BCUT2D eigenvalue weighted by Gasteiger charge is -2.11. The standard InChI is InChI=1S/C13H9Cl3FN/c14-9-3-2-6-12(17)8(9)7-18-13-10(15)4-1-5-11(13)16/h1-6,18H,7H2. The SMILES string of the molecule is Fc1cccc(Cl)c1CNc1c(Cl)cccc1Cl. The Morgan fingerprint density at radius 1 is 0.889 bits per heavy atom. The van der Waals surface area contributed by atoms with Crippen LogP contribution >= 0.6 is 34.8 Å². The molecule has 2 rings (SSSR count). The minimum absolute atomic E-state index is 0.217. The van der Waals surface area contributed by atoms with Crippen molar-refractivity contribution in [2.75, 3.05) is 5.32 Å². The van der Waals surface area contributed by atoms with E-state index < -0.39 is 0 Å². The van der Waals surface area contributed by atoms with E-state index in [0.717, 1.165) is 0 Å². The zero-order valence-corrected chi connectivity index (χ0v) is 11.5. The summed E-state index contributed by atoms with van der Waals surface area (Å²) >= 11 is 17.9. The molecule has 0 aliphatic heterocycles. The third kappa shape index (κ3) is 2.89. The molecule has 0 spiro atoms. The van der Waals surface area contributed by atoms with Crippen LogP contribution in [0.15, 0.2) is 36.4 Å². The number of hydrogen-bond donors (Lipinski definition) is 1. The number of para-hydroxylation sites is 1. The number of hydrogen-bond acceptors (Lipinski definition) is 1. The smallest absolute Gasteiger partial charge is 0.129 e. The number of anilines is 1. The Hall–Kier alpha value is -0.960. The predicted molar refractivity (Wildman–Crippen MR) is 75.2 cm³/mol. The molecule has 18 heavy (non-hydrogen) atoms. The summed E-state index contributed by atoms with van der Waals surface area (Å²) in [6, 6.07) is 9.71. The molecule has 0 bridgehead atoms. The maximum Gasteiger partial charge on any atom is 0.129 e. The summed E-state index contributed by atoms with van der Waals surface area (Å²) in [6.45, 7) is 0.217. The van der Waals surface area contributed by atoms with Gasteiger partial charge in [0, 0.05) is 17.1 Å². The van der Waals surface area contributed by atoms with Crippen LogP contribution in [0.2, 0.25) is 15.1 Å². The molecule has 1 N–H and O–H groups in total. The van der Waals surface area contributed by atoms with Gasteiger partial charge in [-0.1, -0.05) is 46.9 Å². The van der Waals surface area contributed by atoms with E-state index in [1.807, 2.05) is 0 Å². The molecule has 0 aliphatic rings. The van der Waals surface area contributed by atoms with Crippen LogP contribution in [0.3, 0.4) is 0 Å². The molecule has 2 aromatic rings. The molecule has 0 amide bonds. The van der Waals surface area contributed by atoms with Gasteiger partial charge in [0.05, 0.1) is 15.7 Å². The summed E-state index contributed by atoms with van der Waals surface area (Å²) in [6.07, 6.45) is 0. The lowest BCUT2D eigenvalue weighted by Crippen LogP contribution is -2.03. The van der Waals surface area contributed by atoms with E-state index in [1.165, 1.54) is 6.07 Å². The first-order valence-corrected chi connectivity index (χ1v) is 6.33. The van der Waals surface area contributed by atoms with E-state index >= 15 is 0 Å². The molecular formula is C13H9Cl3FN. The molecule has 0 radical (unpaired) electrons. The van der Waals surface area contributed by atoms with Crippen LogP contribution in [0.25, 0.3) is 0 Å². The summed E-state index contributed by atoms with van der Waals surface area (Å²) < 4.78 is 13.6. The third-order valence-electron chi connectivity index (χ3n) is 2.47. The Morgan fingerprint density at radius 3 is 2.06 bits per heavy atom. The topological polar surface area (TPSA) is 12.0 Å². The van der Waals surface area contributed by atoms with Gasteiger partial charge in [0.15, 0.2) is 0 Å². The highest BCUT2D eigenvalue weighted by Crippen LogP contribution is 2.31. The van der Waals surface area contributed by atoms with E-state index in [0.29, 0.717) is 26.3 Å². The van der Waals surface area contributed by atoms with Crippen LogP contribution in [0.5, 0.6) is 0 Å². The van der Waals surface area contributed by atoms with Crippen LogP contribution in [-0.4, -0.2) is 0 Å². The fraction of sp³-hybridized carbons (Fsp3) is 0.0769. The lowest BCUT2D eigenvalue weighted by molar-refractivity contribution is 0.613. The molecular weight excluding hydrogens is 296 g/mol. The van der Waals surface area contributed by atoms with Crippen molar-refractivity contribution in [1.29, 1.82) is 0 Å². The van der Waals surface area contributed by atoms with Crippen LogP contribution in [0, 0.1) is 5.82 Å². The van der Waals surface area contributed by atoms with Crippen LogP contribution < -0.4 is 5.32 Å². The van der Waals surface area contributed by atoms with Crippen LogP contribution in [0.4, 0.5) is 10.1 Å². The minimum atomic E-state index is -0.363. The van der Waals surface area contributed by atoms with Crippen molar-refractivity contribution in [3.8, 4) is 0 Å². The number of rotatable bonds is 3. The first-order valence-electron chi connectivity index (χ1n) is 5.20. The number of benzene rings is 2. The summed E-state index contributed by atoms with van der Waals surface area (Å²) in [4.78, 5) is 0. The highest BCUT2D eigenvalue weighted by atomic mass is 35.5. The molecule has 0 atom stereocenters. The molecule has 0 unspecified atom stereocenters. The normalized spacial score (nSPS) is 10.4. The molecule has 0 fully saturated rings. The molecule has 0 aromatic heterocycles. The van der Waals surface area contributed by atoms with Gasteiger partial charge >= 0.3 is 0 Å². The van der Waals surface area contributed by atoms with Gasteiger partial charge < -0.3 is 5.32 Å².